The molecule has 0 aromatic heterocycles. The number of nitrogens with zero attached hydrogens (tertiary/aromatic N) is 2. The number of rotatable bonds is 7. The summed E-state index contributed by atoms with van der Waals surface area (Å²) in [6.45, 7) is 0.125. The standard InChI is InChI=1S/C29H28N2O5/c32-27(23-14-12-22(13-15-23)21-6-2-1-3-7-21)18-29(34)25-8-4-5-9-26(25)30(28(29)33)19-20-10-16-24(17-11-20)31(35)36/h4-5,8-17,21,34H,1-3,6-7,18-19H2. The molecule has 7 nitrogen and oxygen atoms in total. The molecular weight excluding hydrogens is 456 g/mol. The molecule has 1 heterocycles. The summed E-state index contributed by atoms with van der Waals surface area (Å²) in [5.74, 6) is -0.342. The van der Waals surface area contributed by atoms with Crippen LogP contribution < -0.4 is 4.90 Å². The number of amides is 1. The molecule has 0 saturated heterocycles. The summed E-state index contributed by atoms with van der Waals surface area (Å²) in [6.07, 6.45) is 5.73. The van der Waals surface area contributed by atoms with Gasteiger partial charge in [-0.25, -0.2) is 0 Å². The first-order chi connectivity index (χ1) is 17.4. The van der Waals surface area contributed by atoms with Crippen molar-refractivity contribution < 1.29 is 19.6 Å². The molecule has 1 aliphatic carbocycles. The molecule has 1 fully saturated rings. The van der Waals surface area contributed by atoms with Gasteiger partial charge in [-0.3, -0.25) is 19.7 Å². The Kier molecular flexibility index (Phi) is 6.41. The fraction of sp³-hybridized carbons (Fsp3) is 0.310. The molecule has 3 aromatic rings. The van der Waals surface area contributed by atoms with Crippen LogP contribution in [0.25, 0.3) is 0 Å². The number of ketones is 1. The van der Waals surface area contributed by atoms with Crippen LogP contribution in [0.2, 0.25) is 0 Å². The highest BCUT2D eigenvalue weighted by atomic mass is 16.6. The molecule has 36 heavy (non-hydrogen) atoms. The first-order valence-electron chi connectivity index (χ1n) is 12.4. The predicted molar refractivity (Wildman–Crippen MR) is 136 cm³/mol. The lowest BCUT2D eigenvalue weighted by Crippen LogP contribution is -2.41. The topological polar surface area (TPSA) is 101 Å². The molecular formula is C29H28N2O5. The Morgan fingerprint density at radius 3 is 2.31 bits per heavy atom. The lowest BCUT2D eigenvalue weighted by atomic mass is 9.83. The molecule has 0 radical (unpaired) electrons. The highest BCUT2D eigenvalue weighted by molar-refractivity contribution is 6.10. The first kappa shape index (κ1) is 23.9. The number of fused-ring (bicyclic) bond motifs is 1. The van der Waals surface area contributed by atoms with E-state index >= 15 is 0 Å². The average molecular weight is 485 g/mol. The van der Waals surface area contributed by atoms with Crippen molar-refractivity contribution in [2.24, 2.45) is 0 Å². The Bertz CT molecular complexity index is 1300. The normalized spacial score (nSPS) is 19.8. The van der Waals surface area contributed by atoms with Crippen LogP contribution in [0.3, 0.4) is 0 Å². The first-order valence-corrected chi connectivity index (χ1v) is 12.4. The number of carbonyl (C=O) groups excluding carboxylic acids is 2. The van der Waals surface area contributed by atoms with Crippen LogP contribution in [0, 0.1) is 10.1 Å². The zero-order chi connectivity index (χ0) is 25.3. The number of para-hydroxylation sites is 1. The van der Waals surface area contributed by atoms with Gasteiger partial charge in [-0.2, -0.15) is 0 Å². The lowest BCUT2D eigenvalue weighted by Gasteiger charge is -2.23. The number of nitro benzene ring substituents is 1. The maximum absolute atomic E-state index is 13.5. The third kappa shape index (κ3) is 4.42. The highest BCUT2D eigenvalue weighted by Gasteiger charge is 2.50. The van der Waals surface area contributed by atoms with E-state index in [2.05, 4.69) is 0 Å². The molecule has 1 saturated carbocycles. The maximum Gasteiger partial charge on any atom is 0.269 e. The molecule has 2 aliphatic rings. The Morgan fingerprint density at radius 2 is 1.64 bits per heavy atom. The number of hydrogen-bond donors (Lipinski definition) is 1. The van der Waals surface area contributed by atoms with Gasteiger partial charge in [-0.05, 0) is 36.0 Å². The second-order valence-corrected chi connectivity index (χ2v) is 9.75. The van der Waals surface area contributed by atoms with Gasteiger partial charge in [0.15, 0.2) is 11.4 Å². The summed E-state index contributed by atoms with van der Waals surface area (Å²) in [7, 11) is 0. The monoisotopic (exact) mass is 484 g/mol. The van der Waals surface area contributed by atoms with Crippen molar-refractivity contribution in [3.63, 3.8) is 0 Å². The Morgan fingerprint density at radius 1 is 0.972 bits per heavy atom. The molecule has 0 spiro atoms. The zero-order valence-electron chi connectivity index (χ0n) is 19.9. The molecule has 1 aliphatic heterocycles. The van der Waals surface area contributed by atoms with Crippen molar-refractivity contribution in [3.8, 4) is 0 Å². The van der Waals surface area contributed by atoms with Crippen LogP contribution in [-0.4, -0.2) is 21.7 Å². The van der Waals surface area contributed by atoms with Crippen molar-refractivity contribution in [1.29, 1.82) is 0 Å². The van der Waals surface area contributed by atoms with Crippen LogP contribution in [-0.2, 0) is 16.9 Å². The van der Waals surface area contributed by atoms with E-state index < -0.39 is 16.4 Å². The number of hydrogen-bond acceptors (Lipinski definition) is 5. The summed E-state index contributed by atoms with van der Waals surface area (Å²) in [4.78, 5) is 38.6. The molecule has 0 bridgehead atoms. The van der Waals surface area contributed by atoms with Gasteiger partial charge in [0.05, 0.1) is 23.6 Å². The molecule has 184 valence electrons. The van der Waals surface area contributed by atoms with Gasteiger partial charge in [0.2, 0.25) is 0 Å². The number of non-ortho nitro benzene ring substituents is 1. The lowest BCUT2D eigenvalue weighted by molar-refractivity contribution is -0.384. The third-order valence-electron chi connectivity index (χ3n) is 7.45. The SMILES string of the molecule is O=C(CC1(O)C(=O)N(Cc2ccc([N+](=O)[O-])cc2)c2ccccc21)c1ccc(C2CCCCC2)cc1. The summed E-state index contributed by atoms with van der Waals surface area (Å²) < 4.78 is 0. The largest absolute Gasteiger partial charge is 0.375 e. The fourth-order valence-corrected chi connectivity index (χ4v) is 5.45. The summed E-state index contributed by atoms with van der Waals surface area (Å²) in [6, 6.07) is 20.4. The van der Waals surface area contributed by atoms with E-state index in [0.717, 1.165) is 0 Å². The van der Waals surface area contributed by atoms with Gasteiger partial charge < -0.3 is 10.0 Å². The molecule has 1 amide bonds. The molecule has 5 rings (SSSR count). The van der Waals surface area contributed by atoms with Crippen molar-refractivity contribution in [3.05, 3.63) is 105 Å². The van der Waals surface area contributed by atoms with E-state index in [1.54, 1.807) is 48.5 Å². The van der Waals surface area contributed by atoms with Gasteiger partial charge in [-0.1, -0.05) is 73.9 Å². The molecule has 1 N–H and O–H groups in total. The number of Topliss-reactive ketones (excluding diaryl/α,β-unsaturated/α-hetero) is 1. The van der Waals surface area contributed by atoms with Gasteiger partial charge in [0.1, 0.15) is 0 Å². The minimum atomic E-state index is -1.98. The van der Waals surface area contributed by atoms with Crippen molar-refractivity contribution in [2.75, 3.05) is 4.90 Å². The van der Waals surface area contributed by atoms with Crippen LogP contribution in [0.5, 0.6) is 0 Å². The van der Waals surface area contributed by atoms with Crippen LogP contribution in [0.4, 0.5) is 11.4 Å². The predicted octanol–water partition coefficient (Wildman–Crippen LogP) is 5.65. The highest BCUT2D eigenvalue weighted by Crippen LogP contribution is 2.43. The summed E-state index contributed by atoms with van der Waals surface area (Å²) in [5, 5.41) is 22.5. The van der Waals surface area contributed by atoms with Crippen LogP contribution >= 0.6 is 0 Å². The smallest absolute Gasteiger partial charge is 0.269 e. The second kappa shape index (κ2) is 9.66. The number of anilines is 1. The van der Waals surface area contributed by atoms with E-state index in [-0.39, 0.29) is 24.4 Å². The van der Waals surface area contributed by atoms with E-state index in [4.69, 9.17) is 0 Å². The molecule has 1 atom stereocenters. The van der Waals surface area contributed by atoms with Gasteiger partial charge in [-0.15, -0.1) is 0 Å². The van der Waals surface area contributed by atoms with Crippen molar-refractivity contribution in [1.82, 2.24) is 0 Å². The number of nitro groups is 1. The van der Waals surface area contributed by atoms with Gasteiger partial charge in [0, 0.05) is 23.3 Å². The van der Waals surface area contributed by atoms with Gasteiger partial charge in [0.25, 0.3) is 11.6 Å². The van der Waals surface area contributed by atoms with E-state index in [1.807, 2.05) is 12.1 Å². The van der Waals surface area contributed by atoms with Crippen LogP contribution in [0.15, 0.2) is 72.8 Å². The molecule has 1 unspecified atom stereocenters. The third-order valence-corrected chi connectivity index (χ3v) is 7.45. The molecule has 3 aromatic carbocycles. The van der Waals surface area contributed by atoms with Crippen molar-refractivity contribution in [2.45, 2.75) is 56.6 Å². The van der Waals surface area contributed by atoms with Crippen LogP contribution in [0.1, 0.15) is 71.5 Å². The minimum Gasteiger partial charge on any atom is -0.375 e. The molecule has 7 heteroatoms. The second-order valence-electron chi connectivity index (χ2n) is 9.75. The van der Waals surface area contributed by atoms with E-state index in [0.29, 0.717) is 28.3 Å². The summed E-state index contributed by atoms with van der Waals surface area (Å²) in [5.41, 5.74) is 1.30. The Hall–Kier alpha value is -3.84. The fourth-order valence-electron chi connectivity index (χ4n) is 5.45. The Labute approximate surface area is 209 Å². The van der Waals surface area contributed by atoms with Crippen molar-refractivity contribution >= 4 is 23.1 Å². The van der Waals surface area contributed by atoms with E-state index in [9.17, 15) is 24.8 Å². The van der Waals surface area contributed by atoms with E-state index in [1.165, 1.54) is 54.7 Å². The average Bonchev–Trinajstić information content (AvgIpc) is 3.11. The number of carbonyl (C=O) groups is 2. The zero-order valence-corrected chi connectivity index (χ0v) is 19.9. The number of benzene rings is 3. The summed E-state index contributed by atoms with van der Waals surface area (Å²) >= 11 is 0. The minimum absolute atomic E-state index is 0.0384. The quantitative estimate of drug-likeness (QED) is 0.265. The van der Waals surface area contributed by atoms with Gasteiger partial charge >= 0.3 is 0 Å². The Balaban J connectivity index is 1.36. The maximum atomic E-state index is 13.5. The number of aliphatic hydroxyl groups is 1.